The Balaban J connectivity index is 2.85. The van der Waals surface area contributed by atoms with Crippen molar-refractivity contribution in [2.75, 3.05) is 7.11 Å². The minimum atomic E-state index is -1.49. The van der Waals surface area contributed by atoms with Gasteiger partial charge >= 0.3 is 0 Å². The number of hydrogen-bond donors (Lipinski definition) is 3. The molecular weight excluding hydrogens is 176 g/mol. The highest BCUT2D eigenvalue weighted by Crippen LogP contribution is 2.30. The van der Waals surface area contributed by atoms with Crippen LogP contribution in [0.5, 0.6) is 0 Å². The molecule has 0 aromatic heterocycles. The molecule has 5 heteroatoms. The van der Waals surface area contributed by atoms with Crippen molar-refractivity contribution in [3.63, 3.8) is 0 Å². The minimum Gasteiger partial charge on any atom is -0.387 e. The summed E-state index contributed by atoms with van der Waals surface area (Å²) in [6.07, 6.45) is -3.82. The first-order chi connectivity index (χ1) is 5.91. The fourth-order valence-electron chi connectivity index (χ4n) is 1.65. The number of aliphatic hydroxyl groups excluding tert-OH is 2. The predicted molar refractivity (Wildman–Crippen MR) is 44.0 cm³/mol. The van der Waals surface area contributed by atoms with Crippen LogP contribution in [0, 0.1) is 0 Å². The molecule has 1 fully saturated rings. The van der Waals surface area contributed by atoms with E-state index in [9.17, 15) is 15.3 Å². The molecule has 0 aromatic carbocycles. The maximum Gasteiger partial charge on any atom is 0.184 e. The number of ether oxygens (including phenoxy) is 2. The van der Waals surface area contributed by atoms with E-state index in [-0.39, 0.29) is 0 Å². The van der Waals surface area contributed by atoms with Crippen LogP contribution in [-0.4, -0.2) is 52.6 Å². The molecule has 5 atom stereocenters. The summed E-state index contributed by atoms with van der Waals surface area (Å²) in [7, 11) is 1.34. The molecule has 0 radical (unpaired) electrons. The van der Waals surface area contributed by atoms with E-state index in [0.717, 1.165) is 0 Å². The SMILES string of the molecule is CO[C@@H]1[C@H](O)O[C@H](C)[C@H](O)[C@@]1(C)O. The molecule has 1 saturated heterocycles. The Morgan fingerprint density at radius 1 is 1.38 bits per heavy atom. The summed E-state index contributed by atoms with van der Waals surface area (Å²) >= 11 is 0. The van der Waals surface area contributed by atoms with Crippen LogP contribution in [0.15, 0.2) is 0 Å². The van der Waals surface area contributed by atoms with Gasteiger partial charge in [-0.3, -0.25) is 0 Å². The van der Waals surface area contributed by atoms with Gasteiger partial charge in [0.25, 0.3) is 0 Å². The van der Waals surface area contributed by atoms with E-state index < -0.39 is 30.2 Å². The summed E-state index contributed by atoms with van der Waals surface area (Å²) < 4.78 is 9.81. The van der Waals surface area contributed by atoms with Gasteiger partial charge in [-0.25, -0.2) is 0 Å². The highest BCUT2D eigenvalue weighted by molar-refractivity contribution is 4.98. The monoisotopic (exact) mass is 192 g/mol. The summed E-state index contributed by atoms with van der Waals surface area (Å²) in [4.78, 5) is 0. The lowest BCUT2D eigenvalue weighted by Crippen LogP contribution is -2.64. The van der Waals surface area contributed by atoms with Crippen molar-refractivity contribution in [2.24, 2.45) is 0 Å². The Labute approximate surface area is 76.9 Å². The van der Waals surface area contributed by atoms with Crippen LogP contribution in [0.4, 0.5) is 0 Å². The molecule has 0 spiro atoms. The lowest BCUT2D eigenvalue weighted by Gasteiger charge is -2.45. The third-order valence-electron chi connectivity index (χ3n) is 2.49. The lowest BCUT2D eigenvalue weighted by molar-refractivity contribution is -0.314. The molecule has 78 valence electrons. The minimum absolute atomic E-state index is 0.614. The molecule has 5 nitrogen and oxygen atoms in total. The van der Waals surface area contributed by atoms with Crippen molar-refractivity contribution in [1.29, 1.82) is 0 Å². The van der Waals surface area contributed by atoms with Crippen LogP contribution in [0.3, 0.4) is 0 Å². The van der Waals surface area contributed by atoms with E-state index in [1.165, 1.54) is 14.0 Å². The summed E-state index contributed by atoms with van der Waals surface area (Å²) in [5, 5.41) is 28.8. The Hall–Kier alpha value is -0.200. The van der Waals surface area contributed by atoms with Crippen LogP contribution in [-0.2, 0) is 9.47 Å². The highest BCUT2D eigenvalue weighted by atomic mass is 16.7. The van der Waals surface area contributed by atoms with Crippen LogP contribution in [0.25, 0.3) is 0 Å². The van der Waals surface area contributed by atoms with E-state index in [0.29, 0.717) is 0 Å². The second-order valence-electron chi connectivity index (χ2n) is 3.56. The Bertz CT molecular complexity index is 181. The van der Waals surface area contributed by atoms with Crippen molar-refractivity contribution in [2.45, 2.75) is 44.1 Å². The fraction of sp³-hybridized carbons (Fsp3) is 1.00. The topological polar surface area (TPSA) is 79.2 Å². The summed E-state index contributed by atoms with van der Waals surface area (Å²) in [6, 6.07) is 0. The molecule has 0 aliphatic carbocycles. The summed E-state index contributed by atoms with van der Waals surface area (Å²) in [5.74, 6) is 0. The standard InChI is InChI=1S/C8H16O5/c1-4-5(9)8(2,11)6(12-3)7(10)13-4/h4-7,9-11H,1-3H3/t4-,5+,6-,7-,8-/m1/s1. The molecule has 1 aliphatic heterocycles. The molecule has 1 aliphatic rings. The molecule has 1 rings (SSSR count). The Morgan fingerprint density at radius 3 is 2.38 bits per heavy atom. The molecule has 0 bridgehead atoms. The molecule has 0 aromatic rings. The van der Waals surface area contributed by atoms with Crippen molar-refractivity contribution in [3.05, 3.63) is 0 Å². The van der Waals surface area contributed by atoms with E-state index >= 15 is 0 Å². The fourth-order valence-corrected chi connectivity index (χ4v) is 1.65. The largest absolute Gasteiger partial charge is 0.387 e. The summed E-state index contributed by atoms with van der Waals surface area (Å²) in [6.45, 7) is 2.99. The number of rotatable bonds is 1. The highest BCUT2D eigenvalue weighted by Gasteiger charge is 2.51. The van der Waals surface area contributed by atoms with Gasteiger partial charge in [0.2, 0.25) is 0 Å². The van der Waals surface area contributed by atoms with E-state index in [1.807, 2.05) is 0 Å². The zero-order chi connectivity index (χ0) is 10.2. The van der Waals surface area contributed by atoms with Gasteiger partial charge < -0.3 is 24.8 Å². The van der Waals surface area contributed by atoms with Crippen LogP contribution in [0.1, 0.15) is 13.8 Å². The van der Waals surface area contributed by atoms with Gasteiger partial charge in [-0.05, 0) is 13.8 Å². The zero-order valence-corrected chi connectivity index (χ0v) is 7.97. The van der Waals surface area contributed by atoms with Gasteiger partial charge in [0.1, 0.15) is 17.8 Å². The van der Waals surface area contributed by atoms with E-state index in [4.69, 9.17) is 9.47 Å². The molecule has 0 amide bonds. The second-order valence-corrected chi connectivity index (χ2v) is 3.56. The first-order valence-corrected chi connectivity index (χ1v) is 4.18. The van der Waals surface area contributed by atoms with Crippen molar-refractivity contribution in [1.82, 2.24) is 0 Å². The van der Waals surface area contributed by atoms with E-state index in [1.54, 1.807) is 6.92 Å². The third-order valence-corrected chi connectivity index (χ3v) is 2.49. The molecule has 0 saturated carbocycles. The second kappa shape index (κ2) is 3.51. The molecule has 0 unspecified atom stereocenters. The maximum atomic E-state index is 9.83. The van der Waals surface area contributed by atoms with Gasteiger partial charge in [-0.1, -0.05) is 0 Å². The third kappa shape index (κ3) is 1.70. The van der Waals surface area contributed by atoms with E-state index in [2.05, 4.69) is 0 Å². The van der Waals surface area contributed by atoms with Crippen molar-refractivity contribution < 1.29 is 24.8 Å². The quantitative estimate of drug-likeness (QED) is 0.489. The molecular formula is C8H16O5. The van der Waals surface area contributed by atoms with Gasteiger partial charge in [0.05, 0.1) is 6.10 Å². The zero-order valence-electron chi connectivity index (χ0n) is 7.97. The predicted octanol–water partition coefficient (Wildman–Crippen LogP) is -1.15. The first-order valence-electron chi connectivity index (χ1n) is 4.18. The maximum absolute atomic E-state index is 9.83. The number of aliphatic hydroxyl groups is 3. The first kappa shape index (κ1) is 10.9. The van der Waals surface area contributed by atoms with Gasteiger partial charge in [-0.2, -0.15) is 0 Å². The van der Waals surface area contributed by atoms with Crippen molar-refractivity contribution in [3.8, 4) is 0 Å². The average molecular weight is 192 g/mol. The van der Waals surface area contributed by atoms with Crippen molar-refractivity contribution >= 4 is 0 Å². The van der Waals surface area contributed by atoms with Gasteiger partial charge in [0.15, 0.2) is 6.29 Å². The Kier molecular flexibility index (Phi) is 2.94. The van der Waals surface area contributed by atoms with Crippen LogP contribution < -0.4 is 0 Å². The number of methoxy groups -OCH3 is 1. The molecule has 13 heavy (non-hydrogen) atoms. The number of hydrogen-bond acceptors (Lipinski definition) is 5. The van der Waals surface area contributed by atoms with Crippen LogP contribution >= 0.6 is 0 Å². The smallest absolute Gasteiger partial charge is 0.184 e. The molecule has 3 N–H and O–H groups in total. The van der Waals surface area contributed by atoms with Gasteiger partial charge in [0, 0.05) is 7.11 Å². The Morgan fingerprint density at radius 2 is 1.92 bits per heavy atom. The average Bonchev–Trinajstić information content (AvgIpc) is 2.01. The van der Waals surface area contributed by atoms with Gasteiger partial charge in [-0.15, -0.1) is 0 Å². The normalized spacial score (nSPS) is 52.2. The lowest BCUT2D eigenvalue weighted by atomic mass is 9.86. The molecule has 1 heterocycles. The van der Waals surface area contributed by atoms with Crippen LogP contribution in [0.2, 0.25) is 0 Å². The summed E-state index contributed by atoms with van der Waals surface area (Å²) in [5.41, 5.74) is -1.49.